The number of rotatable bonds is 1. The van der Waals surface area contributed by atoms with Gasteiger partial charge in [0.05, 0.1) is 0 Å². The van der Waals surface area contributed by atoms with E-state index in [4.69, 9.17) is 14.3 Å². The highest BCUT2D eigenvalue weighted by atomic mass is 16.7. The third-order valence-corrected chi connectivity index (χ3v) is 2.05. The van der Waals surface area contributed by atoms with Crippen molar-refractivity contribution < 1.29 is 19.2 Å². The molecular weight excluding hydrogens is 180 g/mol. The average molecular weight is 188 g/mol. The Morgan fingerprint density at radius 1 is 1.77 bits per heavy atom. The summed E-state index contributed by atoms with van der Waals surface area (Å²) in [7, 11) is 1.48. The van der Waals surface area contributed by atoms with Crippen molar-refractivity contribution in [2.45, 2.75) is 24.9 Å². The normalized spacial score (nSPS) is 36.7. The minimum Gasteiger partial charge on any atom is -0.358 e. The molecule has 0 aromatic carbocycles. The Labute approximate surface area is 73.4 Å². The van der Waals surface area contributed by atoms with Crippen molar-refractivity contribution >= 4 is 5.84 Å². The molecule has 0 aliphatic carbocycles. The van der Waals surface area contributed by atoms with Gasteiger partial charge in [-0.3, -0.25) is 4.84 Å². The van der Waals surface area contributed by atoms with Crippen LogP contribution in [0.4, 0.5) is 0 Å². The molecule has 2 aliphatic heterocycles. The van der Waals surface area contributed by atoms with Gasteiger partial charge in [0.15, 0.2) is 17.5 Å². The van der Waals surface area contributed by atoms with Gasteiger partial charge < -0.3 is 19.6 Å². The van der Waals surface area contributed by atoms with Crippen molar-refractivity contribution in [3.05, 3.63) is 10.1 Å². The standard InChI is InChI=1S/C6H8N2O5/c1-11-4-2-3-5(12-4)6(7-13-3)8(9)10/h3-5H,2H2,1H3/t3-,4-,5+/m1/s1. The molecule has 2 rings (SSSR count). The second-order valence-corrected chi connectivity index (χ2v) is 2.81. The number of nitro groups is 1. The minimum absolute atomic E-state index is 0.274. The Balaban J connectivity index is 2.09. The maximum absolute atomic E-state index is 10.4. The van der Waals surface area contributed by atoms with Crippen molar-refractivity contribution in [1.29, 1.82) is 0 Å². The highest BCUT2D eigenvalue weighted by molar-refractivity contribution is 5.80. The van der Waals surface area contributed by atoms with E-state index in [0.29, 0.717) is 6.42 Å². The van der Waals surface area contributed by atoms with Gasteiger partial charge in [-0.1, -0.05) is 0 Å². The number of hydrogen-bond acceptors (Lipinski definition) is 6. The van der Waals surface area contributed by atoms with E-state index >= 15 is 0 Å². The molecule has 0 amide bonds. The molecule has 3 atom stereocenters. The number of nitrogens with zero attached hydrogens (tertiary/aromatic N) is 2. The molecule has 7 nitrogen and oxygen atoms in total. The molecular formula is C6H8N2O5. The van der Waals surface area contributed by atoms with Crippen LogP contribution in [0.1, 0.15) is 6.42 Å². The van der Waals surface area contributed by atoms with Crippen LogP contribution in [-0.4, -0.2) is 36.4 Å². The van der Waals surface area contributed by atoms with Crippen molar-refractivity contribution in [3.63, 3.8) is 0 Å². The van der Waals surface area contributed by atoms with Crippen molar-refractivity contribution in [2.24, 2.45) is 5.16 Å². The highest BCUT2D eigenvalue weighted by Crippen LogP contribution is 2.29. The maximum atomic E-state index is 10.4. The fourth-order valence-electron chi connectivity index (χ4n) is 1.41. The van der Waals surface area contributed by atoms with E-state index in [9.17, 15) is 10.1 Å². The van der Waals surface area contributed by atoms with E-state index in [1.54, 1.807) is 0 Å². The number of ether oxygens (including phenoxy) is 2. The lowest BCUT2D eigenvalue weighted by molar-refractivity contribution is -0.359. The lowest BCUT2D eigenvalue weighted by Gasteiger charge is -2.06. The molecule has 0 unspecified atom stereocenters. The molecule has 0 bridgehead atoms. The molecule has 1 fully saturated rings. The van der Waals surface area contributed by atoms with Crippen LogP contribution in [0.3, 0.4) is 0 Å². The first-order valence-corrected chi connectivity index (χ1v) is 3.78. The van der Waals surface area contributed by atoms with Crippen LogP contribution in [0.15, 0.2) is 5.16 Å². The summed E-state index contributed by atoms with van der Waals surface area (Å²) < 4.78 is 10.1. The van der Waals surface area contributed by atoms with E-state index in [1.807, 2.05) is 0 Å². The second kappa shape index (κ2) is 2.93. The Morgan fingerprint density at radius 3 is 3.15 bits per heavy atom. The van der Waals surface area contributed by atoms with Crippen LogP contribution >= 0.6 is 0 Å². The summed E-state index contributed by atoms with van der Waals surface area (Å²) >= 11 is 0. The van der Waals surface area contributed by atoms with Gasteiger partial charge >= 0.3 is 5.84 Å². The third-order valence-electron chi connectivity index (χ3n) is 2.05. The molecule has 13 heavy (non-hydrogen) atoms. The van der Waals surface area contributed by atoms with Gasteiger partial charge in [-0.2, -0.15) is 0 Å². The molecule has 7 heteroatoms. The zero-order valence-electron chi connectivity index (χ0n) is 6.87. The Bertz CT molecular complexity index is 266. The Hall–Kier alpha value is -1.21. The molecule has 0 aromatic rings. The fraction of sp³-hybridized carbons (Fsp3) is 0.833. The maximum Gasteiger partial charge on any atom is 0.418 e. The summed E-state index contributed by atoms with van der Waals surface area (Å²) in [5, 5.41) is 13.7. The smallest absolute Gasteiger partial charge is 0.358 e. The lowest BCUT2D eigenvalue weighted by atomic mass is 10.2. The fourth-order valence-corrected chi connectivity index (χ4v) is 1.41. The quantitative estimate of drug-likeness (QED) is 0.418. The molecule has 2 aliphatic rings. The topological polar surface area (TPSA) is 83.2 Å². The number of oxime groups is 1. The van der Waals surface area contributed by atoms with Gasteiger partial charge in [0.2, 0.25) is 6.10 Å². The predicted octanol–water partition coefficient (Wildman–Crippen LogP) is -0.263. The van der Waals surface area contributed by atoms with E-state index < -0.39 is 17.3 Å². The minimum atomic E-state index is -0.681. The monoisotopic (exact) mass is 188 g/mol. The summed E-state index contributed by atoms with van der Waals surface area (Å²) in [6.07, 6.45) is -1.01. The first-order valence-electron chi connectivity index (χ1n) is 3.78. The number of methoxy groups -OCH3 is 1. The SMILES string of the molecule is CO[C@H]1C[C@H]2ON=C([N+](=O)[O-])[C@H]2O1. The van der Waals surface area contributed by atoms with Gasteiger partial charge in [-0.15, -0.1) is 0 Å². The van der Waals surface area contributed by atoms with Crippen LogP contribution in [0.2, 0.25) is 0 Å². The summed E-state index contributed by atoms with van der Waals surface area (Å²) in [6.45, 7) is 0. The zero-order valence-corrected chi connectivity index (χ0v) is 6.87. The second-order valence-electron chi connectivity index (χ2n) is 2.81. The number of amidine groups is 1. The van der Waals surface area contributed by atoms with Crippen molar-refractivity contribution in [2.75, 3.05) is 7.11 Å². The summed E-state index contributed by atoms with van der Waals surface area (Å²) in [6, 6.07) is 0. The Morgan fingerprint density at radius 2 is 2.54 bits per heavy atom. The van der Waals surface area contributed by atoms with E-state index in [2.05, 4.69) is 5.16 Å². The largest absolute Gasteiger partial charge is 0.418 e. The van der Waals surface area contributed by atoms with Crippen molar-refractivity contribution in [1.82, 2.24) is 0 Å². The van der Waals surface area contributed by atoms with Crippen LogP contribution in [0, 0.1) is 10.1 Å². The van der Waals surface area contributed by atoms with Crippen LogP contribution in [0.5, 0.6) is 0 Å². The average Bonchev–Trinajstić information content (AvgIpc) is 2.59. The van der Waals surface area contributed by atoms with Gasteiger partial charge in [-0.05, 0) is 4.92 Å². The van der Waals surface area contributed by atoms with Gasteiger partial charge in [-0.25, -0.2) is 0 Å². The Kier molecular flexibility index (Phi) is 1.89. The molecule has 2 heterocycles. The van der Waals surface area contributed by atoms with Gasteiger partial charge in [0.1, 0.15) is 0 Å². The molecule has 0 radical (unpaired) electrons. The zero-order chi connectivity index (χ0) is 9.42. The number of fused-ring (bicyclic) bond motifs is 1. The molecule has 1 saturated heterocycles. The van der Waals surface area contributed by atoms with Gasteiger partial charge in [0.25, 0.3) is 0 Å². The highest BCUT2D eigenvalue weighted by Gasteiger charge is 2.52. The molecule has 0 spiro atoms. The number of hydrogen-bond donors (Lipinski definition) is 0. The molecule has 0 N–H and O–H groups in total. The van der Waals surface area contributed by atoms with E-state index in [1.165, 1.54) is 7.11 Å². The summed E-state index contributed by atoms with van der Waals surface area (Å²) in [5.41, 5.74) is 0. The van der Waals surface area contributed by atoms with Crippen molar-refractivity contribution in [3.8, 4) is 0 Å². The first kappa shape index (κ1) is 8.39. The molecule has 0 aromatic heterocycles. The third kappa shape index (κ3) is 1.25. The summed E-state index contributed by atoms with van der Waals surface area (Å²) in [5.74, 6) is -0.274. The first-order chi connectivity index (χ1) is 6.22. The predicted molar refractivity (Wildman–Crippen MR) is 39.6 cm³/mol. The van der Waals surface area contributed by atoms with E-state index in [-0.39, 0.29) is 11.9 Å². The summed E-state index contributed by atoms with van der Waals surface area (Å²) in [4.78, 5) is 14.6. The van der Waals surface area contributed by atoms with E-state index in [0.717, 1.165) is 0 Å². The molecule has 72 valence electrons. The van der Waals surface area contributed by atoms with Gasteiger partial charge in [0, 0.05) is 13.5 Å². The van der Waals surface area contributed by atoms with Crippen LogP contribution in [-0.2, 0) is 14.3 Å². The lowest BCUT2D eigenvalue weighted by Crippen LogP contribution is -2.30. The van der Waals surface area contributed by atoms with Crippen LogP contribution in [0.25, 0.3) is 0 Å². The molecule has 0 saturated carbocycles. The van der Waals surface area contributed by atoms with Crippen LogP contribution < -0.4 is 0 Å².